The molecule has 1 aromatic heterocycles. The van der Waals surface area contributed by atoms with Gasteiger partial charge in [0.1, 0.15) is 36.5 Å². The van der Waals surface area contributed by atoms with Crippen molar-refractivity contribution in [3.8, 4) is 22.8 Å². The fourth-order valence-corrected chi connectivity index (χ4v) is 6.93. The molecule has 0 fully saturated rings. The lowest BCUT2D eigenvalue weighted by atomic mass is 9.90. The fourth-order valence-electron chi connectivity index (χ4n) is 6.93. The van der Waals surface area contributed by atoms with Gasteiger partial charge in [-0.3, -0.25) is 28.8 Å². The molecular weight excluding hydrogens is 833 g/mol. The quantitative estimate of drug-likeness (QED) is 0.0124. The van der Waals surface area contributed by atoms with E-state index in [-0.39, 0.29) is 61.0 Å². The third-order valence-corrected chi connectivity index (χ3v) is 10.3. The van der Waals surface area contributed by atoms with Gasteiger partial charge in [0, 0.05) is 5.56 Å². The first kappa shape index (κ1) is 48.8. The van der Waals surface area contributed by atoms with Gasteiger partial charge in [0.25, 0.3) is 11.8 Å². The van der Waals surface area contributed by atoms with E-state index in [1.165, 1.54) is 17.2 Å². The van der Waals surface area contributed by atoms with Crippen molar-refractivity contribution in [1.82, 2.24) is 21.0 Å². The number of nitrogens with one attached hydrogen (secondary N) is 3. The van der Waals surface area contributed by atoms with E-state index < -0.39 is 48.2 Å². The van der Waals surface area contributed by atoms with E-state index >= 15 is 0 Å². The Bertz CT molecular complexity index is 2300. The van der Waals surface area contributed by atoms with Crippen LogP contribution in [0.4, 0.5) is 0 Å². The average Bonchev–Trinajstić information content (AvgIpc) is 3.83. The molecule has 65 heavy (non-hydrogen) atoms. The van der Waals surface area contributed by atoms with Gasteiger partial charge in [-0.1, -0.05) is 118 Å². The molecule has 0 bridgehead atoms. The van der Waals surface area contributed by atoms with Gasteiger partial charge in [-0.05, 0) is 67.3 Å². The molecule has 342 valence electrons. The zero-order chi connectivity index (χ0) is 46.4. The highest BCUT2D eigenvalue weighted by molar-refractivity contribution is 6.00. The molecule has 0 unspecified atom stereocenters. The lowest BCUT2D eigenvalue weighted by molar-refractivity contribution is -0.200. The number of unbranched alkanes of at least 4 members (excludes halogenated alkanes) is 2. The van der Waals surface area contributed by atoms with Crippen LogP contribution >= 0.6 is 0 Å². The highest BCUT2D eigenvalue weighted by Crippen LogP contribution is 2.30. The summed E-state index contributed by atoms with van der Waals surface area (Å²) in [7, 11) is 0. The van der Waals surface area contributed by atoms with Crippen molar-refractivity contribution >= 4 is 36.1 Å². The molecule has 0 radical (unpaired) electrons. The van der Waals surface area contributed by atoms with Crippen molar-refractivity contribution in [3.63, 3.8) is 0 Å². The number of amides is 4. The standard InChI is InChI=1S/C50H56N4O11/c1-4-7-11-24-39(42(5-2)54(34-55)63-32-36-20-14-9-15-21-36)47(57)51-33-52-49(59)44-28-27-43(65-44)37-25-26-40(45(29-37)61-6-3)48(58)53-41(50(60)64-38-22-16-10-17-23-38)30-46(56)62-31-35-18-12-8-13-19-35/h8-10,12-23,25-29,34,39,41-42H,4-7,11,24,30-33H2,1-3H3,(H,51,57)(H,52,59)(H,53,58)/t39-,41+,42-/m1/s1. The Hall–Kier alpha value is -7.26. The molecular formula is C50H56N4O11. The Morgan fingerprint density at radius 2 is 1.43 bits per heavy atom. The molecule has 4 amide bonds. The molecule has 5 aromatic rings. The smallest absolute Gasteiger partial charge is 0.334 e. The third kappa shape index (κ3) is 14.9. The minimum atomic E-state index is -1.42. The van der Waals surface area contributed by atoms with E-state index in [1.807, 2.05) is 43.3 Å². The number of furan rings is 1. The summed E-state index contributed by atoms with van der Waals surface area (Å²) >= 11 is 0. The van der Waals surface area contributed by atoms with Crippen molar-refractivity contribution in [2.75, 3.05) is 13.3 Å². The summed E-state index contributed by atoms with van der Waals surface area (Å²) in [5.41, 5.74) is 2.16. The van der Waals surface area contributed by atoms with E-state index in [2.05, 4.69) is 22.9 Å². The molecule has 15 nitrogen and oxygen atoms in total. The largest absolute Gasteiger partial charge is 0.493 e. The number of hydrogen-bond acceptors (Lipinski definition) is 11. The fraction of sp³-hybridized carbons (Fsp3) is 0.320. The van der Waals surface area contributed by atoms with Gasteiger partial charge in [-0.15, -0.1) is 0 Å². The maximum atomic E-state index is 13.8. The maximum Gasteiger partial charge on any atom is 0.334 e. The van der Waals surface area contributed by atoms with E-state index in [0.717, 1.165) is 30.4 Å². The Balaban J connectivity index is 1.22. The number of nitrogens with zero attached hydrogens (tertiary/aromatic N) is 1. The van der Waals surface area contributed by atoms with Crippen LogP contribution in [-0.4, -0.2) is 66.5 Å². The number of para-hydroxylation sites is 1. The van der Waals surface area contributed by atoms with Crippen LogP contribution in [0.3, 0.4) is 0 Å². The first-order valence-electron chi connectivity index (χ1n) is 21.7. The predicted octanol–water partition coefficient (Wildman–Crippen LogP) is 7.55. The molecule has 0 aliphatic heterocycles. The lowest BCUT2D eigenvalue weighted by Gasteiger charge is -2.32. The Kier molecular flexibility index (Phi) is 19.3. The van der Waals surface area contributed by atoms with E-state index in [9.17, 15) is 28.8 Å². The first-order chi connectivity index (χ1) is 31.6. The number of rotatable bonds is 26. The second-order valence-corrected chi connectivity index (χ2v) is 14.9. The van der Waals surface area contributed by atoms with Gasteiger partial charge >= 0.3 is 11.9 Å². The number of ether oxygens (including phenoxy) is 3. The molecule has 15 heteroatoms. The zero-order valence-corrected chi connectivity index (χ0v) is 36.9. The van der Waals surface area contributed by atoms with Crippen molar-refractivity contribution in [2.24, 2.45) is 5.92 Å². The summed E-state index contributed by atoms with van der Waals surface area (Å²) in [5, 5.41) is 9.28. The van der Waals surface area contributed by atoms with Gasteiger partial charge in [0.05, 0.1) is 37.2 Å². The first-order valence-corrected chi connectivity index (χ1v) is 21.7. The highest BCUT2D eigenvalue weighted by Gasteiger charge is 2.32. The van der Waals surface area contributed by atoms with Gasteiger partial charge in [-0.25, -0.2) is 9.86 Å². The second kappa shape index (κ2) is 25.8. The molecule has 0 spiro atoms. The van der Waals surface area contributed by atoms with Gasteiger partial charge < -0.3 is 34.6 Å². The van der Waals surface area contributed by atoms with Crippen LogP contribution in [0.15, 0.2) is 126 Å². The van der Waals surface area contributed by atoms with Gasteiger partial charge in [-0.2, -0.15) is 0 Å². The minimum absolute atomic E-state index is 0.0232. The molecule has 0 saturated carbocycles. The molecule has 3 atom stereocenters. The van der Waals surface area contributed by atoms with Gasteiger partial charge in [0.15, 0.2) is 5.76 Å². The van der Waals surface area contributed by atoms with Crippen molar-refractivity contribution < 1.29 is 52.2 Å². The Labute approximate surface area is 378 Å². The molecule has 0 aliphatic rings. The number of esters is 2. The average molecular weight is 889 g/mol. The van der Waals surface area contributed by atoms with Crippen LogP contribution in [0.25, 0.3) is 11.3 Å². The van der Waals surface area contributed by atoms with E-state index in [4.69, 9.17) is 23.5 Å². The number of carbonyl (C=O) groups is 6. The number of benzene rings is 4. The molecule has 0 aliphatic carbocycles. The molecule has 1 heterocycles. The number of hydrogen-bond donors (Lipinski definition) is 3. The number of carbonyl (C=O) groups excluding carboxylic acids is 6. The van der Waals surface area contributed by atoms with Crippen molar-refractivity contribution in [1.29, 1.82) is 0 Å². The zero-order valence-electron chi connectivity index (χ0n) is 36.9. The van der Waals surface area contributed by atoms with Crippen LogP contribution in [0.2, 0.25) is 0 Å². The van der Waals surface area contributed by atoms with Crippen LogP contribution in [0.1, 0.15) is 91.3 Å². The monoisotopic (exact) mass is 888 g/mol. The maximum absolute atomic E-state index is 13.8. The second-order valence-electron chi connectivity index (χ2n) is 14.9. The summed E-state index contributed by atoms with van der Waals surface area (Å²) < 4.78 is 22.6. The molecule has 5 rings (SSSR count). The normalized spacial score (nSPS) is 12.2. The summed E-state index contributed by atoms with van der Waals surface area (Å²) in [6, 6.07) is 32.4. The summed E-state index contributed by atoms with van der Waals surface area (Å²) in [6.45, 7) is 5.80. The lowest BCUT2D eigenvalue weighted by Crippen LogP contribution is -2.48. The number of hydroxylamine groups is 2. The SMILES string of the molecule is CCCCC[C@@H](C(=O)NCNC(=O)c1ccc(-c2ccc(C(=O)N[C@@H](CC(=O)OCc3ccccc3)C(=O)Oc3ccccc3)c(OCC)c2)o1)[C@@H](CC)N(C=O)OCc1ccccc1. The Morgan fingerprint density at radius 1 is 0.754 bits per heavy atom. The highest BCUT2D eigenvalue weighted by atomic mass is 16.7. The topological polar surface area (TPSA) is 192 Å². The van der Waals surface area contributed by atoms with E-state index in [0.29, 0.717) is 24.8 Å². The predicted molar refractivity (Wildman–Crippen MR) is 241 cm³/mol. The Morgan fingerprint density at radius 3 is 2.08 bits per heavy atom. The molecule has 0 saturated heterocycles. The van der Waals surface area contributed by atoms with Crippen LogP contribution < -0.4 is 25.4 Å². The van der Waals surface area contributed by atoms with Gasteiger partial charge in [0.2, 0.25) is 12.3 Å². The molecule has 3 N–H and O–H groups in total. The van der Waals surface area contributed by atoms with E-state index in [1.54, 1.807) is 79.7 Å². The minimum Gasteiger partial charge on any atom is -0.493 e. The van der Waals surface area contributed by atoms with Crippen LogP contribution in [0.5, 0.6) is 11.5 Å². The summed E-state index contributed by atoms with van der Waals surface area (Å²) in [5.74, 6) is -3.23. The van der Waals surface area contributed by atoms with Crippen LogP contribution in [0, 0.1) is 5.92 Å². The van der Waals surface area contributed by atoms with Crippen molar-refractivity contribution in [3.05, 3.63) is 144 Å². The summed E-state index contributed by atoms with van der Waals surface area (Å²) in [6.07, 6.45) is 3.70. The van der Waals surface area contributed by atoms with Crippen molar-refractivity contribution in [2.45, 2.75) is 84.6 Å². The third-order valence-electron chi connectivity index (χ3n) is 10.3. The van der Waals surface area contributed by atoms with Crippen LogP contribution in [-0.2, 0) is 42.0 Å². The molecule has 4 aromatic carbocycles. The summed E-state index contributed by atoms with van der Waals surface area (Å²) in [4.78, 5) is 84.9.